The largest absolute Gasteiger partial charge is 0.378 e. The minimum absolute atomic E-state index is 0.298. The number of morpholine rings is 1. The van der Waals surface area contributed by atoms with Gasteiger partial charge < -0.3 is 9.64 Å². The fraction of sp³-hybridized carbons (Fsp3) is 0.917. The zero-order valence-corrected chi connectivity index (χ0v) is 10.2. The molecule has 0 aromatic carbocycles. The summed E-state index contributed by atoms with van der Waals surface area (Å²) in [5, 5.41) is 0. The molecular formula is C12H23NO2. The van der Waals surface area contributed by atoms with Crippen LogP contribution in [-0.2, 0) is 9.53 Å². The van der Waals surface area contributed by atoms with Crippen LogP contribution >= 0.6 is 0 Å². The number of hydrogen-bond donors (Lipinski definition) is 0. The van der Waals surface area contributed by atoms with Crippen LogP contribution in [0.2, 0.25) is 0 Å². The van der Waals surface area contributed by atoms with Crippen LogP contribution in [0.25, 0.3) is 0 Å². The van der Waals surface area contributed by atoms with Gasteiger partial charge in [0.2, 0.25) is 5.91 Å². The molecule has 1 heterocycles. The Morgan fingerprint density at radius 3 is 2.40 bits per heavy atom. The first kappa shape index (κ1) is 12.5. The molecule has 3 nitrogen and oxygen atoms in total. The van der Waals surface area contributed by atoms with Crippen molar-refractivity contribution in [2.75, 3.05) is 26.3 Å². The monoisotopic (exact) mass is 213 g/mol. The summed E-state index contributed by atoms with van der Waals surface area (Å²) in [5.41, 5.74) is 0. The Kier molecular flexibility index (Phi) is 5.09. The Labute approximate surface area is 92.8 Å². The number of ether oxygens (including phenoxy) is 1. The van der Waals surface area contributed by atoms with Crippen molar-refractivity contribution >= 4 is 5.91 Å². The second kappa shape index (κ2) is 6.11. The van der Waals surface area contributed by atoms with Gasteiger partial charge in [0.05, 0.1) is 13.2 Å². The van der Waals surface area contributed by atoms with E-state index in [9.17, 15) is 4.79 Å². The van der Waals surface area contributed by atoms with E-state index in [4.69, 9.17) is 4.74 Å². The average molecular weight is 213 g/mol. The molecule has 1 aliphatic heterocycles. The van der Waals surface area contributed by atoms with Crippen molar-refractivity contribution in [2.24, 2.45) is 11.8 Å². The van der Waals surface area contributed by atoms with Crippen molar-refractivity contribution in [3.05, 3.63) is 0 Å². The van der Waals surface area contributed by atoms with Crippen LogP contribution < -0.4 is 0 Å². The van der Waals surface area contributed by atoms with E-state index in [0.717, 1.165) is 19.5 Å². The summed E-state index contributed by atoms with van der Waals surface area (Å²) in [6.07, 6.45) is 1.83. The lowest BCUT2D eigenvalue weighted by atomic mass is 9.95. The van der Waals surface area contributed by atoms with E-state index in [-0.39, 0.29) is 0 Å². The first-order valence-electron chi connectivity index (χ1n) is 5.95. The molecule has 0 aromatic heterocycles. The molecule has 1 aliphatic rings. The topological polar surface area (TPSA) is 29.5 Å². The third kappa shape index (κ3) is 4.65. The molecule has 1 saturated heterocycles. The van der Waals surface area contributed by atoms with Crippen LogP contribution in [0.4, 0.5) is 0 Å². The number of amides is 1. The molecule has 0 spiro atoms. The van der Waals surface area contributed by atoms with E-state index in [1.165, 1.54) is 0 Å². The standard InChI is InChI=1S/C12H23NO2/c1-10(2)8-11(3)9-12(14)13-4-6-15-7-5-13/h10-11H,4-9H2,1-3H3. The van der Waals surface area contributed by atoms with Crippen LogP contribution in [0, 0.1) is 11.8 Å². The predicted octanol–water partition coefficient (Wildman–Crippen LogP) is 1.92. The fourth-order valence-electron chi connectivity index (χ4n) is 2.13. The number of carbonyl (C=O) groups excluding carboxylic acids is 1. The van der Waals surface area contributed by atoms with Gasteiger partial charge in [0.25, 0.3) is 0 Å². The summed E-state index contributed by atoms with van der Waals surface area (Å²) in [6.45, 7) is 9.51. The number of nitrogens with zero attached hydrogens (tertiary/aromatic N) is 1. The minimum Gasteiger partial charge on any atom is -0.378 e. The summed E-state index contributed by atoms with van der Waals surface area (Å²) >= 11 is 0. The Hall–Kier alpha value is -0.570. The summed E-state index contributed by atoms with van der Waals surface area (Å²) < 4.78 is 5.23. The molecule has 3 heteroatoms. The van der Waals surface area contributed by atoms with Crippen molar-refractivity contribution in [2.45, 2.75) is 33.6 Å². The van der Waals surface area contributed by atoms with Crippen molar-refractivity contribution in [1.29, 1.82) is 0 Å². The number of carbonyl (C=O) groups is 1. The molecule has 15 heavy (non-hydrogen) atoms. The second-order valence-electron chi connectivity index (χ2n) is 4.93. The third-order valence-electron chi connectivity index (χ3n) is 2.76. The van der Waals surface area contributed by atoms with Crippen LogP contribution in [-0.4, -0.2) is 37.1 Å². The van der Waals surface area contributed by atoms with Crippen LogP contribution in [0.1, 0.15) is 33.6 Å². The predicted molar refractivity (Wildman–Crippen MR) is 60.6 cm³/mol. The van der Waals surface area contributed by atoms with Crippen LogP contribution in [0.3, 0.4) is 0 Å². The lowest BCUT2D eigenvalue weighted by molar-refractivity contribution is -0.136. The zero-order chi connectivity index (χ0) is 11.3. The minimum atomic E-state index is 0.298. The first-order valence-corrected chi connectivity index (χ1v) is 5.95. The summed E-state index contributed by atoms with van der Waals surface area (Å²) in [4.78, 5) is 13.8. The molecular weight excluding hydrogens is 190 g/mol. The molecule has 0 aromatic rings. The smallest absolute Gasteiger partial charge is 0.222 e. The van der Waals surface area contributed by atoms with Gasteiger partial charge >= 0.3 is 0 Å². The molecule has 1 atom stereocenters. The van der Waals surface area contributed by atoms with Gasteiger partial charge in [0.1, 0.15) is 0 Å². The highest BCUT2D eigenvalue weighted by atomic mass is 16.5. The lowest BCUT2D eigenvalue weighted by Crippen LogP contribution is -2.41. The molecule has 1 rings (SSSR count). The molecule has 0 N–H and O–H groups in total. The zero-order valence-electron chi connectivity index (χ0n) is 10.2. The quantitative estimate of drug-likeness (QED) is 0.714. The molecule has 1 unspecified atom stereocenters. The van der Waals surface area contributed by atoms with Crippen molar-refractivity contribution < 1.29 is 9.53 Å². The highest BCUT2D eigenvalue weighted by molar-refractivity contribution is 5.76. The summed E-state index contributed by atoms with van der Waals surface area (Å²) in [5.74, 6) is 1.48. The lowest BCUT2D eigenvalue weighted by Gasteiger charge is -2.28. The normalized spacial score (nSPS) is 19.3. The summed E-state index contributed by atoms with van der Waals surface area (Å²) in [6, 6.07) is 0. The first-order chi connectivity index (χ1) is 7.09. The van der Waals surface area contributed by atoms with Crippen molar-refractivity contribution in [3.8, 4) is 0 Å². The van der Waals surface area contributed by atoms with Crippen molar-refractivity contribution in [3.63, 3.8) is 0 Å². The Balaban J connectivity index is 2.27. The molecule has 0 bridgehead atoms. The molecule has 88 valence electrons. The fourth-order valence-corrected chi connectivity index (χ4v) is 2.13. The van der Waals surface area contributed by atoms with Crippen LogP contribution in [0.15, 0.2) is 0 Å². The highest BCUT2D eigenvalue weighted by Crippen LogP contribution is 2.16. The van der Waals surface area contributed by atoms with Crippen LogP contribution in [0.5, 0.6) is 0 Å². The van der Waals surface area contributed by atoms with Gasteiger partial charge in [0, 0.05) is 19.5 Å². The number of rotatable bonds is 4. The number of hydrogen-bond acceptors (Lipinski definition) is 2. The van der Waals surface area contributed by atoms with E-state index < -0.39 is 0 Å². The maximum absolute atomic E-state index is 11.9. The third-order valence-corrected chi connectivity index (χ3v) is 2.76. The van der Waals surface area contributed by atoms with E-state index >= 15 is 0 Å². The van der Waals surface area contributed by atoms with Gasteiger partial charge in [-0.05, 0) is 18.3 Å². The van der Waals surface area contributed by atoms with E-state index in [1.807, 2.05) is 4.90 Å². The Bertz CT molecular complexity index is 198. The Morgan fingerprint density at radius 1 is 1.27 bits per heavy atom. The maximum Gasteiger partial charge on any atom is 0.222 e. The highest BCUT2D eigenvalue weighted by Gasteiger charge is 2.19. The van der Waals surface area contributed by atoms with Crippen molar-refractivity contribution in [1.82, 2.24) is 4.90 Å². The SMILES string of the molecule is CC(C)CC(C)CC(=O)N1CCOCC1. The molecule has 0 aliphatic carbocycles. The average Bonchev–Trinajstić information content (AvgIpc) is 2.17. The molecule has 1 amide bonds. The van der Waals surface area contributed by atoms with Gasteiger partial charge in [0.15, 0.2) is 0 Å². The van der Waals surface area contributed by atoms with Gasteiger partial charge in [-0.2, -0.15) is 0 Å². The van der Waals surface area contributed by atoms with Gasteiger partial charge in [-0.25, -0.2) is 0 Å². The van der Waals surface area contributed by atoms with Gasteiger partial charge in [-0.15, -0.1) is 0 Å². The summed E-state index contributed by atoms with van der Waals surface area (Å²) in [7, 11) is 0. The van der Waals surface area contributed by atoms with E-state index in [0.29, 0.717) is 37.4 Å². The molecule has 0 radical (unpaired) electrons. The van der Waals surface area contributed by atoms with Gasteiger partial charge in [-0.3, -0.25) is 4.79 Å². The second-order valence-corrected chi connectivity index (χ2v) is 4.93. The maximum atomic E-state index is 11.9. The van der Waals surface area contributed by atoms with Gasteiger partial charge in [-0.1, -0.05) is 20.8 Å². The Morgan fingerprint density at radius 2 is 1.87 bits per heavy atom. The molecule has 0 saturated carbocycles. The molecule has 1 fully saturated rings. The van der Waals surface area contributed by atoms with E-state index in [2.05, 4.69) is 20.8 Å². The van der Waals surface area contributed by atoms with E-state index in [1.54, 1.807) is 0 Å².